The van der Waals surface area contributed by atoms with Crippen LogP contribution in [-0.4, -0.2) is 21.2 Å². The summed E-state index contributed by atoms with van der Waals surface area (Å²) < 4.78 is 5.53. The molecule has 2 N–H and O–H groups in total. The van der Waals surface area contributed by atoms with E-state index in [1.807, 2.05) is 42.6 Å². The molecular weight excluding hydrogens is 506 g/mol. The molecule has 6 nitrogen and oxygen atoms in total. The van der Waals surface area contributed by atoms with E-state index in [4.69, 9.17) is 9.72 Å². The lowest BCUT2D eigenvalue weighted by Crippen LogP contribution is -2.29. The Morgan fingerprint density at radius 3 is 2.33 bits per heavy atom. The summed E-state index contributed by atoms with van der Waals surface area (Å²) in [7, 11) is 0. The smallest absolute Gasteiger partial charge is 0.408 e. The van der Waals surface area contributed by atoms with Gasteiger partial charge >= 0.3 is 6.09 Å². The minimum absolute atomic E-state index is 0.179. The average Bonchev–Trinajstić information content (AvgIpc) is 3.70. The maximum Gasteiger partial charge on any atom is 0.408 e. The van der Waals surface area contributed by atoms with Crippen molar-refractivity contribution in [2.45, 2.75) is 70.6 Å². The molecular formula is C32H33N3O3S. The van der Waals surface area contributed by atoms with E-state index in [9.17, 15) is 9.90 Å². The fraction of sp³-hybridized carbons (Fsp3) is 0.344. The molecule has 1 unspecified atom stereocenters. The summed E-state index contributed by atoms with van der Waals surface area (Å²) in [5.41, 5.74) is 8.92. The van der Waals surface area contributed by atoms with Crippen LogP contribution >= 0.6 is 11.3 Å². The zero-order valence-corrected chi connectivity index (χ0v) is 23.2. The molecule has 7 heteroatoms. The minimum Gasteiger partial charge on any atom is -0.445 e. The van der Waals surface area contributed by atoms with Crippen LogP contribution in [-0.2, 0) is 42.6 Å². The summed E-state index contributed by atoms with van der Waals surface area (Å²) in [4.78, 5) is 23.1. The number of fused-ring (bicyclic) bond motifs is 2. The summed E-state index contributed by atoms with van der Waals surface area (Å²) in [6.45, 7) is 3.59. The van der Waals surface area contributed by atoms with Crippen molar-refractivity contribution in [2.75, 3.05) is 0 Å². The Bertz CT molecular complexity index is 1460. The van der Waals surface area contributed by atoms with Crippen LogP contribution in [0.3, 0.4) is 0 Å². The number of pyridine rings is 1. The molecule has 0 spiro atoms. The first-order chi connectivity index (χ1) is 18.9. The van der Waals surface area contributed by atoms with Crippen molar-refractivity contribution in [3.63, 3.8) is 0 Å². The Kier molecular flexibility index (Phi) is 6.95. The number of carbonyl (C=O) groups is 1. The Morgan fingerprint density at radius 2 is 1.72 bits per heavy atom. The highest BCUT2D eigenvalue weighted by atomic mass is 32.1. The largest absolute Gasteiger partial charge is 0.445 e. The van der Waals surface area contributed by atoms with Gasteiger partial charge in [-0.1, -0.05) is 42.5 Å². The Balaban J connectivity index is 1.30. The van der Waals surface area contributed by atoms with Gasteiger partial charge < -0.3 is 15.2 Å². The molecule has 2 aromatic carbocycles. The second-order valence-electron chi connectivity index (χ2n) is 11.0. The lowest BCUT2D eigenvalue weighted by molar-refractivity contribution is 0.0783. The Labute approximate surface area is 233 Å². The molecule has 0 aliphatic heterocycles. The summed E-state index contributed by atoms with van der Waals surface area (Å²) in [5.74, 6) is 0. The predicted molar refractivity (Wildman–Crippen MR) is 153 cm³/mol. The van der Waals surface area contributed by atoms with Gasteiger partial charge in [0.2, 0.25) is 0 Å². The van der Waals surface area contributed by atoms with Gasteiger partial charge in [0.15, 0.2) is 0 Å². The lowest BCUT2D eigenvalue weighted by atomic mass is 9.91. The Hall–Kier alpha value is -3.55. The molecule has 2 aromatic heterocycles. The molecule has 0 saturated heterocycles. The average molecular weight is 540 g/mol. The number of thiazole rings is 1. The fourth-order valence-electron chi connectivity index (χ4n) is 5.75. The first-order valence-corrected chi connectivity index (χ1v) is 14.5. The van der Waals surface area contributed by atoms with Gasteiger partial charge in [0.05, 0.1) is 16.6 Å². The van der Waals surface area contributed by atoms with Gasteiger partial charge in [0.1, 0.15) is 17.2 Å². The number of rotatable bonds is 7. The number of nitrogens with zero attached hydrogens (tertiary/aromatic N) is 2. The number of aliphatic hydroxyl groups is 1. The molecule has 1 amide bonds. The molecule has 6 rings (SSSR count). The zero-order valence-electron chi connectivity index (χ0n) is 22.4. The third-order valence-electron chi connectivity index (χ3n) is 7.66. The second-order valence-corrected chi connectivity index (χ2v) is 12.0. The van der Waals surface area contributed by atoms with Crippen LogP contribution in [0.1, 0.15) is 76.0 Å². The summed E-state index contributed by atoms with van der Waals surface area (Å²) in [6, 6.07) is 15.7. The minimum atomic E-state index is -1.07. The van der Waals surface area contributed by atoms with Crippen LogP contribution in [0.15, 0.2) is 60.9 Å². The van der Waals surface area contributed by atoms with E-state index < -0.39 is 17.7 Å². The molecule has 2 aliphatic carbocycles. The summed E-state index contributed by atoms with van der Waals surface area (Å²) >= 11 is 1.37. The topological polar surface area (TPSA) is 84.3 Å². The van der Waals surface area contributed by atoms with Crippen molar-refractivity contribution in [1.29, 1.82) is 0 Å². The number of nitrogens with one attached hydrogen (secondary N) is 1. The number of ether oxygens (including phenoxy) is 1. The summed E-state index contributed by atoms with van der Waals surface area (Å²) in [5, 5.41) is 14.1. The van der Waals surface area contributed by atoms with E-state index in [1.165, 1.54) is 52.0 Å². The number of amides is 1. The number of benzene rings is 2. The van der Waals surface area contributed by atoms with Gasteiger partial charge in [-0.3, -0.25) is 4.98 Å². The van der Waals surface area contributed by atoms with Gasteiger partial charge in [-0.25, -0.2) is 9.78 Å². The highest BCUT2D eigenvalue weighted by Crippen LogP contribution is 2.40. The van der Waals surface area contributed by atoms with Gasteiger partial charge in [-0.2, -0.15) is 0 Å². The van der Waals surface area contributed by atoms with Gasteiger partial charge in [0.25, 0.3) is 0 Å². The number of carbonyl (C=O) groups excluding carboxylic acids is 1. The van der Waals surface area contributed by atoms with Crippen LogP contribution in [0.4, 0.5) is 4.79 Å². The van der Waals surface area contributed by atoms with Crippen LogP contribution in [0.2, 0.25) is 0 Å². The third kappa shape index (κ3) is 5.34. The highest BCUT2D eigenvalue weighted by Gasteiger charge is 2.28. The maximum absolute atomic E-state index is 12.9. The molecule has 1 atom stereocenters. The van der Waals surface area contributed by atoms with Crippen LogP contribution in [0.5, 0.6) is 0 Å². The number of aryl methyl sites for hydroxylation is 2. The second kappa shape index (κ2) is 10.5. The van der Waals surface area contributed by atoms with E-state index >= 15 is 0 Å². The zero-order chi connectivity index (χ0) is 27.0. The lowest BCUT2D eigenvalue weighted by Gasteiger charge is -2.19. The number of hydrogen-bond donors (Lipinski definition) is 2. The standard InChI is InChI=1S/C32H33N3O3S/c1-32(2,37)30-34-18-27(39-30)29(35-31(36)38-19-20-8-4-3-5-9-20)23-14-15-26(33-17-23)28-24-12-6-10-21(24)16-22-11-7-13-25(22)28/h3-5,8-9,14-18,29,37H,6-7,10-13,19H2,1-2H3,(H,35,36). The first kappa shape index (κ1) is 25.7. The molecule has 0 saturated carbocycles. The van der Waals surface area contributed by atoms with Gasteiger partial charge in [-0.05, 0) is 91.8 Å². The van der Waals surface area contributed by atoms with Crippen molar-refractivity contribution < 1.29 is 14.6 Å². The maximum atomic E-state index is 12.9. The molecule has 0 radical (unpaired) electrons. The monoisotopic (exact) mass is 539 g/mol. The van der Waals surface area contributed by atoms with Crippen LogP contribution in [0, 0.1) is 0 Å². The quantitative estimate of drug-likeness (QED) is 0.283. The summed E-state index contributed by atoms with van der Waals surface area (Å²) in [6.07, 6.45) is 9.98. The van der Waals surface area contributed by atoms with Crippen molar-refractivity contribution in [1.82, 2.24) is 15.3 Å². The van der Waals surface area contributed by atoms with Crippen molar-refractivity contribution in [3.8, 4) is 11.3 Å². The van der Waals surface area contributed by atoms with E-state index in [2.05, 4.69) is 22.4 Å². The van der Waals surface area contributed by atoms with E-state index in [-0.39, 0.29) is 6.61 Å². The van der Waals surface area contributed by atoms with Crippen molar-refractivity contribution in [2.24, 2.45) is 0 Å². The molecule has 0 fully saturated rings. The van der Waals surface area contributed by atoms with Gasteiger partial charge in [0, 0.05) is 18.0 Å². The Morgan fingerprint density at radius 1 is 1.00 bits per heavy atom. The number of aromatic nitrogens is 2. The SMILES string of the molecule is CC(C)(O)c1ncc(C(NC(=O)OCc2ccccc2)c2ccc(-c3c4c(cc5c3CCC5)CCC4)nc2)s1. The van der Waals surface area contributed by atoms with Gasteiger partial charge in [-0.15, -0.1) is 11.3 Å². The van der Waals surface area contributed by atoms with E-state index in [0.29, 0.717) is 5.01 Å². The highest BCUT2D eigenvalue weighted by molar-refractivity contribution is 7.11. The van der Waals surface area contributed by atoms with E-state index in [1.54, 1.807) is 20.0 Å². The first-order valence-electron chi connectivity index (χ1n) is 13.7. The molecule has 200 valence electrons. The fourth-order valence-corrected chi connectivity index (χ4v) is 6.75. The van der Waals surface area contributed by atoms with Crippen molar-refractivity contribution in [3.05, 3.63) is 104 Å². The molecule has 4 aromatic rings. The number of alkyl carbamates (subject to hydrolysis) is 1. The van der Waals surface area contributed by atoms with E-state index in [0.717, 1.165) is 47.4 Å². The molecule has 2 heterocycles. The third-order valence-corrected chi connectivity index (χ3v) is 9.03. The van der Waals surface area contributed by atoms with Crippen molar-refractivity contribution >= 4 is 17.4 Å². The molecule has 0 bridgehead atoms. The van der Waals surface area contributed by atoms with Crippen LogP contribution < -0.4 is 5.32 Å². The normalized spacial score (nSPS) is 15.1. The molecule has 39 heavy (non-hydrogen) atoms. The predicted octanol–water partition coefficient (Wildman–Crippen LogP) is 6.43. The molecule has 2 aliphatic rings. The number of hydrogen-bond acceptors (Lipinski definition) is 6. The van der Waals surface area contributed by atoms with Crippen LogP contribution in [0.25, 0.3) is 11.3 Å².